The molecule has 2 aromatic carbocycles. The minimum atomic E-state index is -0.591. The molecule has 5 N–H and O–H groups in total. The van der Waals surface area contributed by atoms with E-state index in [1.165, 1.54) is 0 Å². The molecule has 52 heavy (non-hydrogen) atoms. The van der Waals surface area contributed by atoms with E-state index in [-0.39, 0.29) is 30.7 Å². The number of nitrogens with two attached hydrogens (primary N) is 1. The molecule has 0 saturated heterocycles. The van der Waals surface area contributed by atoms with Gasteiger partial charge in [0.2, 0.25) is 5.91 Å². The summed E-state index contributed by atoms with van der Waals surface area (Å²) in [5, 5.41) is 9.02. The average Bonchev–Trinajstić information content (AvgIpc) is 3.46. The number of rotatable bonds is 23. The number of carbonyl (C=O) groups is 3. The van der Waals surface area contributed by atoms with Crippen molar-refractivity contribution in [3.63, 3.8) is 0 Å². The Morgan fingerprint density at radius 3 is 2.12 bits per heavy atom. The predicted octanol–water partition coefficient (Wildman–Crippen LogP) is 7.86. The number of carbonyl (C=O) groups excluding carboxylic acids is 3. The summed E-state index contributed by atoms with van der Waals surface area (Å²) in [6, 6.07) is 13.0. The second kappa shape index (κ2) is 24.1. The second-order valence-corrected chi connectivity index (χ2v) is 12.2. The van der Waals surface area contributed by atoms with Crippen LogP contribution in [0.3, 0.4) is 0 Å². The van der Waals surface area contributed by atoms with Crippen LogP contribution in [0.4, 0.5) is 5.69 Å². The number of imidazole rings is 1. The molecule has 0 fully saturated rings. The highest BCUT2D eigenvalue weighted by molar-refractivity contribution is 5.97. The zero-order valence-corrected chi connectivity index (χ0v) is 31.0. The summed E-state index contributed by atoms with van der Waals surface area (Å²) in [5.41, 5.74) is 10.0. The van der Waals surface area contributed by atoms with Crippen molar-refractivity contribution in [2.45, 2.75) is 84.3 Å². The van der Waals surface area contributed by atoms with Gasteiger partial charge in [-0.3, -0.25) is 14.4 Å². The van der Waals surface area contributed by atoms with Crippen molar-refractivity contribution < 1.29 is 19.1 Å². The third-order valence-corrected chi connectivity index (χ3v) is 8.12. The van der Waals surface area contributed by atoms with Crippen LogP contribution in [0.2, 0.25) is 0 Å². The van der Waals surface area contributed by atoms with Crippen molar-refractivity contribution in [1.82, 2.24) is 20.2 Å². The molecule has 10 nitrogen and oxygen atoms in total. The van der Waals surface area contributed by atoms with E-state index in [4.69, 9.17) is 15.5 Å². The fraction of sp³-hybridized carbons (Fsp3) is 0.381. The van der Waals surface area contributed by atoms with Crippen LogP contribution >= 0.6 is 0 Å². The number of aromatic nitrogens is 2. The number of hydrogen-bond donors (Lipinski definition) is 4. The van der Waals surface area contributed by atoms with Gasteiger partial charge in [0, 0.05) is 31.3 Å². The molecule has 3 rings (SSSR count). The van der Waals surface area contributed by atoms with E-state index in [0.717, 1.165) is 67.5 Å². The average molecular weight is 709 g/mol. The van der Waals surface area contributed by atoms with E-state index in [9.17, 15) is 14.4 Å². The van der Waals surface area contributed by atoms with Crippen LogP contribution in [0.1, 0.15) is 99.5 Å². The molecule has 1 unspecified atom stereocenters. The monoisotopic (exact) mass is 708 g/mol. The number of anilines is 1. The number of nitrogens with zero attached hydrogens (tertiary/aromatic N) is 2. The van der Waals surface area contributed by atoms with Gasteiger partial charge < -0.3 is 31.0 Å². The highest BCUT2D eigenvalue weighted by Gasteiger charge is 2.13. The molecule has 0 bridgehead atoms. The molecular weight excluding hydrogens is 652 g/mol. The molecule has 3 aromatic rings. The highest BCUT2D eigenvalue weighted by Crippen LogP contribution is 2.19. The molecule has 0 aliphatic heterocycles. The van der Waals surface area contributed by atoms with E-state index < -0.39 is 6.17 Å². The molecule has 0 aliphatic carbocycles. The first-order valence-electron chi connectivity index (χ1n) is 18.3. The molecule has 10 heteroatoms. The summed E-state index contributed by atoms with van der Waals surface area (Å²) in [5.74, 6) is 0.116. The van der Waals surface area contributed by atoms with Gasteiger partial charge in [0.1, 0.15) is 12.0 Å². The third kappa shape index (κ3) is 15.3. The first-order chi connectivity index (χ1) is 25.3. The van der Waals surface area contributed by atoms with Crippen LogP contribution in [0, 0.1) is 0 Å². The molecule has 0 spiro atoms. The van der Waals surface area contributed by atoms with Crippen LogP contribution in [-0.4, -0.2) is 40.5 Å². The van der Waals surface area contributed by atoms with E-state index in [0.29, 0.717) is 30.7 Å². The number of esters is 1. The fourth-order valence-corrected chi connectivity index (χ4v) is 5.23. The zero-order chi connectivity index (χ0) is 37.4. The number of ether oxygens (including phenoxy) is 1. The van der Waals surface area contributed by atoms with Gasteiger partial charge in [0.05, 0.1) is 30.6 Å². The minimum absolute atomic E-state index is 0.0683. The number of unbranched alkanes of at least 4 members (excludes halogenated alkanes) is 1. The Morgan fingerprint density at radius 1 is 0.846 bits per heavy atom. The number of amides is 2. The molecule has 2 amide bonds. The first kappa shape index (κ1) is 41.2. The van der Waals surface area contributed by atoms with Crippen LogP contribution in [0.5, 0.6) is 0 Å². The van der Waals surface area contributed by atoms with Crippen molar-refractivity contribution in [1.29, 1.82) is 0 Å². The van der Waals surface area contributed by atoms with Gasteiger partial charge in [-0.1, -0.05) is 79.8 Å². The number of allylic oxidation sites excluding steroid dienone is 10. The van der Waals surface area contributed by atoms with Gasteiger partial charge >= 0.3 is 5.97 Å². The molecule has 1 aromatic heterocycles. The van der Waals surface area contributed by atoms with E-state index in [1.807, 2.05) is 41.9 Å². The summed E-state index contributed by atoms with van der Waals surface area (Å²) >= 11 is 0. The van der Waals surface area contributed by atoms with Gasteiger partial charge in [-0.05, 0) is 87.8 Å². The topological polar surface area (TPSA) is 140 Å². The summed E-state index contributed by atoms with van der Waals surface area (Å²) in [6.07, 6.45) is 28.2. The number of aryl methyl sites for hydroxylation is 1. The van der Waals surface area contributed by atoms with Gasteiger partial charge in [0.25, 0.3) is 5.91 Å². The maximum Gasteiger partial charge on any atom is 0.307 e. The van der Waals surface area contributed by atoms with Gasteiger partial charge in [0.15, 0.2) is 0 Å². The number of nitrogens with one attached hydrogen (secondary N) is 3. The molecule has 1 heterocycles. The largest absolute Gasteiger partial charge is 0.466 e. The van der Waals surface area contributed by atoms with Crippen LogP contribution in [0.25, 0.3) is 11.0 Å². The van der Waals surface area contributed by atoms with Crippen molar-refractivity contribution in [3.05, 3.63) is 120 Å². The molecule has 0 saturated carbocycles. The summed E-state index contributed by atoms with van der Waals surface area (Å²) in [6.45, 7) is 4.87. The number of fused-ring (bicyclic) bond motifs is 1. The normalized spacial score (nSPS) is 12.5. The Hall–Kier alpha value is -5.22. The van der Waals surface area contributed by atoms with Gasteiger partial charge in [-0.2, -0.15) is 0 Å². The lowest BCUT2D eigenvalue weighted by Crippen LogP contribution is -2.33. The van der Waals surface area contributed by atoms with Gasteiger partial charge in [-0.15, -0.1) is 0 Å². The predicted molar refractivity (Wildman–Crippen MR) is 211 cm³/mol. The lowest BCUT2D eigenvalue weighted by molar-refractivity contribution is -0.142. The molecule has 1 atom stereocenters. The summed E-state index contributed by atoms with van der Waals surface area (Å²) in [7, 11) is 1.93. The van der Waals surface area contributed by atoms with Crippen molar-refractivity contribution in [2.75, 3.05) is 18.5 Å². The lowest BCUT2D eigenvalue weighted by Gasteiger charge is -2.15. The molecule has 0 aliphatic rings. The van der Waals surface area contributed by atoms with Crippen LogP contribution < -0.4 is 21.7 Å². The standard InChI is InChI=1S/C42H56N6O4/c1-4-6-7-8-9-10-11-12-13-14-15-16-17-18-19-20-21-22-39(49)47-41(43)33-23-26-35(27-24-33)45-32-38-46-36-31-34(25-28-37(36)48(38)3)42(51)44-30-29-40(50)52-5-2/h6-7,9-10,12-13,15-16,18-19,23-28,31,41,45H,4-5,8,11,14,17,20-22,29-30,32,43H2,1-3H3,(H,44,51)(H,47,49)/b7-6-,10-9-,13-12-,16-15-,19-18-. The second-order valence-electron chi connectivity index (χ2n) is 12.2. The van der Waals surface area contributed by atoms with E-state index in [2.05, 4.69) is 83.6 Å². The SMILES string of the molecule is CC/C=C\C/C=C\C/C=C\C/C=C\C/C=C\CCCC(=O)NC(N)c1ccc(NCc2nc3cc(C(=O)NCCC(=O)OCC)ccc3n2C)cc1. The Morgan fingerprint density at radius 2 is 1.48 bits per heavy atom. The lowest BCUT2D eigenvalue weighted by atomic mass is 10.1. The highest BCUT2D eigenvalue weighted by atomic mass is 16.5. The van der Waals surface area contributed by atoms with Crippen molar-refractivity contribution in [2.24, 2.45) is 12.8 Å². The molecular formula is C42H56N6O4. The Bertz CT molecular complexity index is 1700. The Balaban J connectivity index is 1.33. The Kier molecular flexibility index (Phi) is 19.1. The quantitative estimate of drug-likeness (QED) is 0.0340. The van der Waals surface area contributed by atoms with Crippen LogP contribution in [-0.2, 0) is 27.9 Å². The van der Waals surface area contributed by atoms with Crippen LogP contribution in [0.15, 0.2) is 103 Å². The molecule has 0 radical (unpaired) electrons. The molecule has 278 valence electrons. The van der Waals surface area contributed by atoms with E-state index in [1.54, 1.807) is 19.1 Å². The summed E-state index contributed by atoms with van der Waals surface area (Å²) < 4.78 is 6.87. The smallest absolute Gasteiger partial charge is 0.307 e. The zero-order valence-electron chi connectivity index (χ0n) is 31.0. The van der Waals surface area contributed by atoms with Crippen molar-refractivity contribution in [3.8, 4) is 0 Å². The first-order valence-corrected chi connectivity index (χ1v) is 18.3. The third-order valence-electron chi connectivity index (χ3n) is 8.12. The minimum Gasteiger partial charge on any atom is -0.466 e. The van der Waals surface area contributed by atoms with Crippen molar-refractivity contribution >= 4 is 34.5 Å². The fourth-order valence-electron chi connectivity index (χ4n) is 5.23. The maximum absolute atomic E-state index is 12.6. The Labute approximate surface area is 309 Å². The van der Waals surface area contributed by atoms with Gasteiger partial charge in [-0.25, -0.2) is 4.98 Å². The summed E-state index contributed by atoms with van der Waals surface area (Å²) in [4.78, 5) is 41.3. The number of hydrogen-bond acceptors (Lipinski definition) is 7. The number of benzene rings is 2. The van der Waals surface area contributed by atoms with E-state index >= 15 is 0 Å². The maximum atomic E-state index is 12.6.